The summed E-state index contributed by atoms with van der Waals surface area (Å²) >= 11 is 5.91. The van der Waals surface area contributed by atoms with Gasteiger partial charge in [0.25, 0.3) is 5.91 Å². The standard InChI is InChI=1S/C22H21ClN2O5/c1-3-28-20-11-15(8-9-19(20)30-14-21(26)29-4-2)10-16(13-24)22(27)25-18-7-5-6-17(23)12-18/h5-12H,3-4,14H2,1-2H3,(H,25,27)/b16-10+. The molecule has 1 N–H and O–H groups in total. The Morgan fingerprint density at radius 3 is 2.57 bits per heavy atom. The zero-order chi connectivity index (χ0) is 21.9. The molecule has 2 aromatic rings. The van der Waals surface area contributed by atoms with Crippen LogP contribution in [0.5, 0.6) is 11.5 Å². The molecular formula is C22H21ClN2O5. The minimum atomic E-state index is -0.569. The summed E-state index contributed by atoms with van der Waals surface area (Å²) in [6, 6.07) is 13.4. The topological polar surface area (TPSA) is 97.7 Å². The van der Waals surface area contributed by atoms with Crippen LogP contribution in [0.1, 0.15) is 19.4 Å². The van der Waals surface area contributed by atoms with Crippen molar-refractivity contribution >= 4 is 35.2 Å². The van der Waals surface area contributed by atoms with Gasteiger partial charge in [0.15, 0.2) is 18.1 Å². The maximum Gasteiger partial charge on any atom is 0.344 e. The third-order valence-corrected chi connectivity index (χ3v) is 3.91. The van der Waals surface area contributed by atoms with Crippen molar-refractivity contribution in [2.24, 2.45) is 0 Å². The molecule has 0 radical (unpaired) electrons. The van der Waals surface area contributed by atoms with Gasteiger partial charge in [0, 0.05) is 10.7 Å². The number of nitrogens with one attached hydrogen (secondary N) is 1. The number of esters is 1. The highest BCUT2D eigenvalue weighted by Gasteiger charge is 2.13. The van der Waals surface area contributed by atoms with Gasteiger partial charge in [-0.1, -0.05) is 23.7 Å². The van der Waals surface area contributed by atoms with E-state index in [0.717, 1.165) is 0 Å². The maximum atomic E-state index is 12.4. The lowest BCUT2D eigenvalue weighted by atomic mass is 10.1. The summed E-state index contributed by atoms with van der Waals surface area (Å²) in [5.41, 5.74) is 0.934. The lowest BCUT2D eigenvalue weighted by Gasteiger charge is -2.12. The molecule has 0 aliphatic heterocycles. The first-order valence-corrected chi connectivity index (χ1v) is 9.58. The minimum Gasteiger partial charge on any atom is -0.490 e. The van der Waals surface area contributed by atoms with E-state index in [2.05, 4.69) is 5.32 Å². The van der Waals surface area contributed by atoms with Crippen molar-refractivity contribution in [1.29, 1.82) is 5.26 Å². The van der Waals surface area contributed by atoms with Gasteiger partial charge in [0.1, 0.15) is 11.6 Å². The fourth-order valence-electron chi connectivity index (χ4n) is 2.42. The van der Waals surface area contributed by atoms with E-state index in [1.165, 1.54) is 6.08 Å². The average Bonchev–Trinajstić information content (AvgIpc) is 2.71. The molecule has 2 aromatic carbocycles. The number of carbonyl (C=O) groups excluding carboxylic acids is 2. The van der Waals surface area contributed by atoms with E-state index in [9.17, 15) is 14.9 Å². The number of rotatable bonds is 9. The number of halogens is 1. The first-order valence-electron chi connectivity index (χ1n) is 9.20. The molecule has 2 rings (SSSR count). The van der Waals surface area contributed by atoms with Gasteiger partial charge < -0.3 is 19.5 Å². The number of benzene rings is 2. The Balaban J connectivity index is 2.20. The van der Waals surface area contributed by atoms with Crippen molar-refractivity contribution in [1.82, 2.24) is 0 Å². The number of nitrogens with zero attached hydrogens (tertiary/aromatic N) is 1. The van der Waals surface area contributed by atoms with Crippen molar-refractivity contribution in [2.75, 3.05) is 25.1 Å². The molecule has 0 fully saturated rings. The normalized spacial score (nSPS) is 10.7. The van der Waals surface area contributed by atoms with E-state index in [1.807, 2.05) is 6.07 Å². The molecule has 30 heavy (non-hydrogen) atoms. The van der Waals surface area contributed by atoms with Gasteiger partial charge in [-0.25, -0.2) is 4.79 Å². The van der Waals surface area contributed by atoms with Crippen molar-refractivity contribution in [3.05, 3.63) is 58.6 Å². The van der Waals surface area contributed by atoms with E-state index in [0.29, 0.717) is 34.4 Å². The Morgan fingerprint density at radius 2 is 1.90 bits per heavy atom. The SMILES string of the molecule is CCOC(=O)COc1ccc(/C=C(\C#N)C(=O)Nc2cccc(Cl)c2)cc1OCC. The second kappa shape index (κ2) is 11.5. The van der Waals surface area contributed by atoms with Gasteiger partial charge >= 0.3 is 5.97 Å². The van der Waals surface area contributed by atoms with Crippen LogP contribution in [0, 0.1) is 11.3 Å². The first kappa shape index (κ1) is 22.8. The van der Waals surface area contributed by atoms with Crippen LogP contribution in [0.4, 0.5) is 5.69 Å². The molecule has 0 atom stereocenters. The second-order valence-corrected chi connectivity index (χ2v) is 6.30. The Morgan fingerprint density at radius 1 is 1.10 bits per heavy atom. The Kier molecular flexibility index (Phi) is 8.73. The highest BCUT2D eigenvalue weighted by Crippen LogP contribution is 2.29. The maximum absolute atomic E-state index is 12.4. The summed E-state index contributed by atoms with van der Waals surface area (Å²) in [7, 11) is 0. The van der Waals surface area contributed by atoms with Gasteiger partial charge in [0.05, 0.1) is 13.2 Å². The molecule has 0 unspecified atom stereocenters. The molecule has 0 aliphatic carbocycles. The van der Waals surface area contributed by atoms with Crippen LogP contribution >= 0.6 is 11.6 Å². The molecular weight excluding hydrogens is 408 g/mol. The van der Waals surface area contributed by atoms with E-state index in [1.54, 1.807) is 56.3 Å². The van der Waals surface area contributed by atoms with Gasteiger partial charge in [-0.3, -0.25) is 4.79 Å². The zero-order valence-corrected chi connectivity index (χ0v) is 17.4. The molecule has 1 amide bonds. The predicted molar refractivity (Wildman–Crippen MR) is 113 cm³/mol. The number of anilines is 1. The number of carbonyl (C=O) groups is 2. The molecule has 8 heteroatoms. The fraction of sp³-hybridized carbons (Fsp3) is 0.227. The molecule has 0 bridgehead atoms. The van der Waals surface area contributed by atoms with Gasteiger partial charge in [0.2, 0.25) is 0 Å². The van der Waals surface area contributed by atoms with Crippen molar-refractivity contribution in [2.45, 2.75) is 13.8 Å². The lowest BCUT2D eigenvalue weighted by molar-refractivity contribution is -0.145. The summed E-state index contributed by atoms with van der Waals surface area (Å²) in [4.78, 5) is 23.9. The molecule has 0 aliphatic rings. The third-order valence-electron chi connectivity index (χ3n) is 3.68. The molecule has 0 heterocycles. The number of ether oxygens (including phenoxy) is 3. The molecule has 0 spiro atoms. The summed E-state index contributed by atoms with van der Waals surface area (Å²) in [5, 5.41) is 12.5. The Hall–Kier alpha value is -3.50. The fourth-order valence-corrected chi connectivity index (χ4v) is 2.61. The van der Waals surface area contributed by atoms with E-state index in [-0.39, 0.29) is 18.8 Å². The van der Waals surface area contributed by atoms with Crippen LogP contribution in [0.25, 0.3) is 6.08 Å². The lowest BCUT2D eigenvalue weighted by Crippen LogP contribution is -2.15. The summed E-state index contributed by atoms with van der Waals surface area (Å²) in [6.45, 7) is 3.88. The highest BCUT2D eigenvalue weighted by molar-refractivity contribution is 6.31. The van der Waals surface area contributed by atoms with Crippen LogP contribution in [-0.4, -0.2) is 31.7 Å². The Labute approximate surface area is 179 Å². The van der Waals surface area contributed by atoms with E-state index >= 15 is 0 Å². The first-order chi connectivity index (χ1) is 14.5. The van der Waals surface area contributed by atoms with Crippen LogP contribution in [-0.2, 0) is 14.3 Å². The number of hydrogen-bond acceptors (Lipinski definition) is 6. The van der Waals surface area contributed by atoms with Crippen LogP contribution in [0.15, 0.2) is 48.0 Å². The molecule has 0 saturated carbocycles. The van der Waals surface area contributed by atoms with E-state index in [4.69, 9.17) is 25.8 Å². The number of nitriles is 1. The third kappa shape index (κ3) is 6.83. The quantitative estimate of drug-likeness (QED) is 0.364. The van der Waals surface area contributed by atoms with Gasteiger partial charge in [-0.05, 0) is 55.8 Å². The second-order valence-electron chi connectivity index (χ2n) is 5.87. The molecule has 156 valence electrons. The van der Waals surface area contributed by atoms with Gasteiger partial charge in [-0.15, -0.1) is 0 Å². The smallest absolute Gasteiger partial charge is 0.344 e. The highest BCUT2D eigenvalue weighted by atomic mass is 35.5. The largest absolute Gasteiger partial charge is 0.490 e. The predicted octanol–water partition coefficient (Wildman–Crippen LogP) is 4.23. The minimum absolute atomic E-state index is 0.0994. The number of hydrogen-bond donors (Lipinski definition) is 1. The molecule has 0 aromatic heterocycles. The van der Waals surface area contributed by atoms with Crippen LogP contribution < -0.4 is 14.8 Å². The summed E-state index contributed by atoms with van der Waals surface area (Å²) in [5.74, 6) is -0.333. The van der Waals surface area contributed by atoms with Crippen molar-refractivity contribution in [3.63, 3.8) is 0 Å². The number of amides is 1. The monoisotopic (exact) mass is 428 g/mol. The van der Waals surface area contributed by atoms with E-state index < -0.39 is 11.9 Å². The van der Waals surface area contributed by atoms with Crippen LogP contribution in [0.3, 0.4) is 0 Å². The van der Waals surface area contributed by atoms with Crippen molar-refractivity contribution in [3.8, 4) is 17.6 Å². The average molecular weight is 429 g/mol. The molecule has 7 nitrogen and oxygen atoms in total. The molecule has 0 saturated heterocycles. The Bertz CT molecular complexity index is 982. The van der Waals surface area contributed by atoms with Gasteiger partial charge in [-0.2, -0.15) is 5.26 Å². The van der Waals surface area contributed by atoms with Crippen molar-refractivity contribution < 1.29 is 23.8 Å². The van der Waals surface area contributed by atoms with Crippen LogP contribution in [0.2, 0.25) is 5.02 Å². The zero-order valence-electron chi connectivity index (χ0n) is 16.6. The summed E-state index contributed by atoms with van der Waals surface area (Å²) in [6.07, 6.45) is 1.43. The summed E-state index contributed by atoms with van der Waals surface area (Å²) < 4.78 is 15.8.